The molecular formula is C17H22O2. The minimum atomic E-state index is -0.0465. The van der Waals surface area contributed by atoms with Crippen LogP contribution in [0, 0.1) is 5.41 Å². The van der Waals surface area contributed by atoms with Gasteiger partial charge in [0, 0.05) is 11.0 Å². The Balaban J connectivity index is 1.93. The Hall–Kier alpha value is -1.31. The molecule has 0 bridgehead atoms. The van der Waals surface area contributed by atoms with Crippen LogP contribution in [0.2, 0.25) is 0 Å². The molecule has 1 aromatic carbocycles. The number of carbonyl (C=O) groups is 1. The lowest BCUT2D eigenvalue weighted by molar-refractivity contribution is -0.131. The highest BCUT2D eigenvalue weighted by atomic mass is 16.5. The molecule has 102 valence electrons. The molecule has 0 amide bonds. The van der Waals surface area contributed by atoms with E-state index in [2.05, 4.69) is 13.0 Å². The number of ether oxygens (including phenoxy) is 1. The number of hydrogen-bond acceptors (Lipinski definition) is 2. The van der Waals surface area contributed by atoms with Gasteiger partial charge in [0.05, 0.1) is 12.5 Å². The third-order valence-electron chi connectivity index (χ3n) is 5.04. The number of fused-ring (bicyclic) bond motifs is 1. The molecule has 3 rings (SSSR count). The van der Waals surface area contributed by atoms with Crippen molar-refractivity contribution in [2.45, 2.75) is 51.4 Å². The topological polar surface area (TPSA) is 26.3 Å². The van der Waals surface area contributed by atoms with Gasteiger partial charge in [-0.1, -0.05) is 38.0 Å². The normalized spacial score (nSPS) is 24.6. The van der Waals surface area contributed by atoms with E-state index < -0.39 is 0 Å². The van der Waals surface area contributed by atoms with Crippen molar-refractivity contribution in [3.8, 4) is 5.75 Å². The Morgan fingerprint density at radius 3 is 2.79 bits per heavy atom. The molecule has 19 heavy (non-hydrogen) atoms. The highest BCUT2D eigenvalue weighted by molar-refractivity contribution is 5.92. The molecule has 0 aromatic heterocycles. The summed E-state index contributed by atoms with van der Waals surface area (Å²) in [5.74, 6) is 1.45. The van der Waals surface area contributed by atoms with Gasteiger partial charge in [0.2, 0.25) is 0 Å². The lowest BCUT2D eigenvalue weighted by Gasteiger charge is -2.33. The smallest absolute Gasteiger partial charge is 0.146 e. The quantitative estimate of drug-likeness (QED) is 0.816. The summed E-state index contributed by atoms with van der Waals surface area (Å²) >= 11 is 0. The third-order valence-corrected chi connectivity index (χ3v) is 5.04. The van der Waals surface area contributed by atoms with E-state index in [1.54, 1.807) is 0 Å². The molecule has 1 unspecified atom stereocenters. The van der Waals surface area contributed by atoms with Crippen LogP contribution in [0.3, 0.4) is 0 Å². The Bertz CT molecular complexity index is 472. The van der Waals surface area contributed by atoms with Crippen molar-refractivity contribution in [2.75, 3.05) is 6.61 Å². The fraction of sp³-hybridized carbons (Fsp3) is 0.588. The van der Waals surface area contributed by atoms with Crippen molar-refractivity contribution < 1.29 is 9.53 Å². The second-order valence-corrected chi connectivity index (χ2v) is 5.93. The zero-order valence-electron chi connectivity index (χ0n) is 11.7. The first kappa shape index (κ1) is 12.7. The SMILES string of the molecule is CCC1(C(=O)C2CCOc3ccccc32)CCCC1. The van der Waals surface area contributed by atoms with Crippen molar-refractivity contribution in [1.82, 2.24) is 0 Å². The fourth-order valence-corrected chi connectivity index (χ4v) is 3.81. The van der Waals surface area contributed by atoms with Crippen LogP contribution in [-0.4, -0.2) is 12.4 Å². The molecule has 0 N–H and O–H groups in total. The van der Waals surface area contributed by atoms with E-state index in [-0.39, 0.29) is 11.3 Å². The summed E-state index contributed by atoms with van der Waals surface area (Å²) in [6.07, 6.45) is 6.43. The summed E-state index contributed by atoms with van der Waals surface area (Å²) in [4.78, 5) is 13.1. The molecule has 0 saturated heterocycles. The van der Waals surface area contributed by atoms with Gasteiger partial charge in [-0.05, 0) is 31.7 Å². The van der Waals surface area contributed by atoms with E-state index in [9.17, 15) is 4.79 Å². The Labute approximate surface area is 115 Å². The Morgan fingerprint density at radius 1 is 1.32 bits per heavy atom. The number of Topliss-reactive ketones (excluding diaryl/α,β-unsaturated/α-hetero) is 1. The van der Waals surface area contributed by atoms with Crippen molar-refractivity contribution in [2.24, 2.45) is 5.41 Å². The molecule has 2 nitrogen and oxygen atoms in total. The number of carbonyl (C=O) groups excluding carboxylic acids is 1. The first-order valence-electron chi connectivity index (χ1n) is 7.53. The van der Waals surface area contributed by atoms with Gasteiger partial charge in [0.1, 0.15) is 11.5 Å². The molecule has 1 aliphatic heterocycles. The standard InChI is InChI=1S/C17H22O2/c1-2-17(10-5-6-11-17)16(18)14-9-12-19-15-8-4-3-7-13(14)15/h3-4,7-8,14H,2,5-6,9-12H2,1H3. The zero-order chi connectivity index (χ0) is 13.3. The van der Waals surface area contributed by atoms with Crippen LogP contribution in [0.15, 0.2) is 24.3 Å². The summed E-state index contributed by atoms with van der Waals surface area (Å²) < 4.78 is 5.68. The van der Waals surface area contributed by atoms with Crippen LogP contribution in [0.1, 0.15) is 56.9 Å². The maximum absolute atomic E-state index is 13.1. The zero-order valence-corrected chi connectivity index (χ0v) is 11.7. The first-order chi connectivity index (χ1) is 9.27. The molecule has 2 aliphatic rings. The van der Waals surface area contributed by atoms with E-state index in [1.165, 1.54) is 12.8 Å². The van der Waals surface area contributed by atoms with Crippen LogP contribution in [0.4, 0.5) is 0 Å². The second-order valence-electron chi connectivity index (χ2n) is 5.93. The molecule has 2 heteroatoms. The maximum atomic E-state index is 13.1. The van der Waals surface area contributed by atoms with Crippen LogP contribution in [0.25, 0.3) is 0 Å². The fourth-order valence-electron chi connectivity index (χ4n) is 3.81. The summed E-state index contributed by atoms with van der Waals surface area (Å²) in [7, 11) is 0. The predicted octanol–water partition coefficient (Wildman–Crippen LogP) is 4.09. The van der Waals surface area contributed by atoms with E-state index in [0.29, 0.717) is 12.4 Å². The monoisotopic (exact) mass is 258 g/mol. The average molecular weight is 258 g/mol. The predicted molar refractivity (Wildman–Crippen MR) is 75.5 cm³/mol. The molecular weight excluding hydrogens is 236 g/mol. The van der Waals surface area contributed by atoms with E-state index in [1.807, 2.05) is 18.2 Å². The second kappa shape index (κ2) is 4.99. The number of ketones is 1. The highest BCUT2D eigenvalue weighted by Gasteiger charge is 2.43. The summed E-state index contributed by atoms with van der Waals surface area (Å²) in [5.41, 5.74) is 1.06. The number of hydrogen-bond donors (Lipinski definition) is 0. The molecule has 0 radical (unpaired) electrons. The van der Waals surface area contributed by atoms with Gasteiger partial charge in [-0.3, -0.25) is 4.79 Å². The van der Waals surface area contributed by atoms with Crippen molar-refractivity contribution in [1.29, 1.82) is 0 Å². The third kappa shape index (κ3) is 2.07. The number of para-hydroxylation sites is 1. The minimum absolute atomic E-state index is 0.0465. The van der Waals surface area contributed by atoms with Crippen molar-refractivity contribution >= 4 is 5.78 Å². The minimum Gasteiger partial charge on any atom is -0.493 e. The first-order valence-corrected chi connectivity index (χ1v) is 7.53. The van der Waals surface area contributed by atoms with Crippen LogP contribution >= 0.6 is 0 Å². The van der Waals surface area contributed by atoms with E-state index in [0.717, 1.165) is 37.0 Å². The summed E-state index contributed by atoms with van der Waals surface area (Å²) in [5, 5.41) is 0. The van der Waals surface area contributed by atoms with Gasteiger partial charge in [-0.2, -0.15) is 0 Å². The average Bonchev–Trinajstić information content (AvgIpc) is 2.96. The van der Waals surface area contributed by atoms with Gasteiger partial charge >= 0.3 is 0 Å². The van der Waals surface area contributed by atoms with Crippen molar-refractivity contribution in [3.63, 3.8) is 0 Å². The van der Waals surface area contributed by atoms with Gasteiger partial charge in [0.25, 0.3) is 0 Å². The van der Waals surface area contributed by atoms with Gasteiger partial charge in [0.15, 0.2) is 0 Å². The highest BCUT2D eigenvalue weighted by Crippen LogP contribution is 2.47. The van der Waals surface area contributed by atoms with Crippen LogP contribution < -0.4 is 4.74 Å². The largest absolute Gasteiger partial charge is 0.493 e. The molecule has 0 spiro atoms. The van der Waals surface area contributed by atoms with E-state index >= 15 is 0 Å². The lowest BCUT2D eigenvalue weighted by atomic mass is 9.71. The maximum Gasteiger partial charge on any atom is 0.146 e. The molecule has 1 atom stereocenters. The van der Waals surface area contributed by atoms with Crippen LogP contribution in [0.5, 0.6) is 5.75 Å². The molecule has 1 aromatic rings. The van der Waals surface area contributed by atoms with Crippen molar-refractivity contribution in [3.05, 3.63) is 29.8 Å². The molecule has 1 fully saturated rings. The molecule has 1 saturated carbocycles. The molecule has 1 heterocycles. The van der Waals surface area contributed by atoms with Gasteiger partial charge in [-0.25, -0.2) is 0 Å². The Morgan fingerprint density at radius 2 is 2.05 bits per heavy atom. The lowest BCUT2D eigenvalue weighted by Crippen LogP contribution is -2.34. The summed E-state index contributed by atoms with van der Waals surface area (Å²) in [6.45, 7) is 2.85. The summed E-state index contributed by atoms with van der Waals surface area (Å²) in [6, 6.07) is 8.05. The van der Waals surface area contributed by atoms with Gasteiger partial charge < -0.3 is 4.74 Å². The number of benzene rings is 1. The Kier molecular flexibility index (Phi) is 3.34. The number of rotatable bonds is 3. The van der Waals surface area contributed by atoms with E-state index in [4.69, 9.17) is 4.74 Å². The molecule has 1 aliphatic carbocycles. The van der Waals surface area contributed by atoms with Crippen LogP contribution in [-0.2, 0) is 4.79 Å². The van der Waals surface area contributed by atoms with Gasteiger partial charge in [-0.15, -0.1) is 0 Å².